The second-order valence-corrected chi connectivity index (χ2v) is 7.19. The molecule has 0 spiro atoms. The van der Waals surface area contributed by atoms with Crippen LogP contribution < -0.4 is 10.3 Å². The highest BCUT2D eigenvalue weighted by Crippen LogP contribution is 2.20. The first-order valence-electron chi connectivity index (χ1n) is 5.62. The summed E-state index contributed by atoms with van der Waals surface area (Å²) in [5, 5.41) is 2.34. The Morgan fingerprint density at radius 1 is 1.50 bits per heavy atom. The third-order valence-corrected chi connectivity index (χ3v) is 5.43. The van der Waals surface area contributed by atoms with E-state index in [4.69, 9.17) is 11.6 Å². The molecule has 0 radical (unpaired) electrons. The molecule has 20 heavy (non-hydrogen) atoms. The minimum absolute atomic E-state index is 0.0952. The molecule has 0 saturated carbocycles. The summed E-state index contributed by atoms with van der Waals surface area (Å²) in [5.74, 6) is 0. The smallest absolute Gasteiger partial charge is 0.266 e. The van der Waals surface area contributed by atoms with Gasteiger partial charge in [-0.05, 0) is 19.9 Å². The van der Waals surface area contributed by atoms with Crippen molar-refractivity contribution in [3.8, 4) is 0 Å². The lowest BCUT2D eigenvalue weighted by atomic mass is 10.4. The quantitative estimate of drug-likeness (QED) is 0.892. The summed E-state index contributed by atoms with van der Waals surface area (Å²) < 4.78 is 26.8. The van der Waals surface area contributed by atoms with E-state index in [1.165, 1.54) is 11.3 Å². The number of rotatable bonds is 4. The second kappa shape index (κ2) is 5.65. The van der Waals surface area contributed by atoms with Gasteiger partial charge in [0.1, 0.15) is 10.0 Å². The third-order valence-electron chi connectivity index (χ3n) is 2.48. The zero-order chi connectivity index (χ0) is 14.9. The fourth-order valence-corrected chi connectivity index (χ4v) is 3.83. The van der Waals surface area contributed by atoms with Gasteiger partial charge in [-0.15, -0.1) is 11.3 Å². The standard InChI is InChI=1S/C11H12ClN3O3S2/c1-6-5-19-11(14-6)7(2)15-20(17,18)8-3-9(12)10(16)13-4-8/h3-5,7,15H,1-2H3,(H,13,16). The summed E-state index contributed by atoms with van der Waals surface area (Å²) >= 11 is 7.01. The summed E-state index contributed by atoms with van der Waals surface area (Å²) in [6.07, 6.45) is 1.11. The molecule has 0 aliphatic carbocycles. The summed E-state index contributed by atoms with van der Waals surface area (Å²) in [6, 6.07) is 0.645. The first-order chi connectivity index (χ1) is 9.29. The van der Waals surface area contributed by atoms with Gasteiger partial charge in [0.2, 0.25) is 10.0 Å². The first kappa shape index (κ1) is 15.2. The molecule has 0 bridgehead atoms. The largest absolute Gasteiger partial charge is 0.326 e. The van der Waals surface area contributed by atoms with E-state index in [0.717, 1.165) is 18.0 Å². The van der Waals surface area contributed by atoms with Gasteiger partial charge >= 0.3 is 0 Å². The molecule has 9 heteroatoms. The average molecular weight is 334 g/mol. The number of pyridine rings is 1. The number of sulfonamides is 1. The van der Waals surface area contributed by atoms with E-state index in [1.54, 1.807) is 6.92 Å². The van der Waals surface area contributed by atoms with Gasteiger partial charge in [0, 0.05) is 17.3 Å². The maximum atomic E-state index is 12.2. The van der Waals surface area contributed by atoms with Crippen molar-refractivity contribution in [2.75, 3.05) is 0 Å². The topological polar surface area (TPSA) is 91.9 Å². The molecule has 0 aliphatic heterocycles. The van der Waals surface area contributed by atoms with Gasteiger partial charge in [0.15, 0.2) is 0 Å². The van der Waals surface area contributed by atoms with Gasteiger partial charge in [-0.3, -0.25) is 4.79 Å². The molecule has 2 N–H and O–H groups in total. The maximum absolute atomic E-state index is 12.2. The maximum Gasteiger partial charge on any atom is 0.266 e. The Balaban J connectivity index is 2.26. The van der Waals surface area contributed by atoms with Gasteiger partial charge in [0.05, 0.1) is 10.9 Å². The van der Waals surface area contributed by atoms with Crippen LogP contribution in [-0.4, -0.2) is 18.4 Å². The highest BCUT2D eigenvalue weighted by Gasteiger charge is 2.21. The molecule has 1 atom stereocenters. The Hall–Kier alpha value is -1.22. The molecule has 1 unspecified atom stereocenters. The zero-order valence-electron chi connectivity index (χ0n) is 10.7. The van der Waals surface area contributed by atoms with Crippen LogP contribution in [-0.2, 0) is 10.0 Å². The minimum atomic E-state index is -3.78. The predicted molar refractivity (Wildman–Crippen MR) is 77.7 cm³/mol. The van der Waals surface area contributed by atoms with Crippen LogP contribution >= 0.6 is 22.9 Å². The van der Waals surface area contributed by atoms with Crippen molar-refractivity contribution in [3.63, 3.8) is 0 Å². The molecule has 108 valence electrons. The van der Waals surface area contributed by atoms with Crippen LogP contribution in [0.4, 0.5) is 0 Å². The molecule has 0 amide bonds. The van der Waals surface area contributed by atoms with E-state index in [0.29, 0.717) is 5.01 Å². The lowest BCUT2D eigenvalue weighted by Gasteiger charge is -2.11. The van der Waals surface area contributed by atoms with Gasteiger partial charge < -0.3 is 4.98 Å². The molecule has 2 heterocycles. The molecule has 2 rings (SSSR count). The van der Waals surface area contributed by atoms with Crippen molar-refractivity contribution in [2.24, 2.45) is 0 Å². The number of nitrogens with one attached hydrogen (secondary N) is 2. The van der Waals surface area contributed by atoms with E-state index in [2.05, 4.69) is 14.7 Å². The highest BCUT2D eigenvalue weighted by molar-refractivity contribution is 7.89. The van der Waals surface area contributed by atoms with Gasteiger partial charge in [0.25, 0.3) is 5.56 Å². The molecule has 0 fully saturated rings. The average Bonchev–Trinajstić information content (AvgIpc) is 2.79. The second-order valence-electron chi connectivity index (χ2n) is 4.18. The first-order valence-corrected chi connectivity index (χ1v) is 8.36. The minimum Gasteiger partial charge on any atom is -0.326 e. The fourth-order valence-electron chi connectivity index (χ4n) is 1.52. The predicted octanol–water partition coefficient (Wildman–Crippen LogP) is 1.83. The Labute approximate surface area is 124 Å². The van der Waals surface area contributed by atoms with Crippen LogP contribution in [0.3, 0.4) is 0 Å². The van der Waals surface area contributed by atoms with Crippen molar-refractivity contribution in [2.45, 2.75) is 24.8 Å². The van der Waals surface area contributed by atoms with Crippen LogP contribution in [0.2, 0.25) is 5.02 Å². The van der Waals surface area contributed by atoms with Crippen molar-refractivity contribution >= 4 is 33.0 Å². The van der Waals surface area contributed by atoms with Crippen molar-refractivity contribution in [1.82, 2.24) is 14.7 Å². The normalized spacial score (nSPS) is 13.3. The van der Waals surface area contributed by atoms with Crippen molar-refractivity contribution < 1.29 is 8.42 Å². The van der Waals surface area contributed by atoms with Crippen LogP contribution in [0.25, 0.3) is 0 Å². The van der Waals surface area contributed by atoms with E-state index < -0.39 is 21.6 Å². The van der Waals surface area contributed by atoms with Crippen LogP contribution in [0.1, 0.15) is 23.7 Å². The van der Waals surface area contributed by atoms with Crippen LogP contribution in [0, 0.1) is 6.92 Å². The number of aryl methyl sites for hydroxylation is 1. The lowest BCUT2D eigenvalue weighted by molar-refractivity contribution is 0.565. The molecular formula is C11H12ClN3O3S2. The zero-order valence-corrected chi connectivity index (χ0v) is 13.1. The number of thiazole rings is 1. The van der Waals surface area contributed by atoms with Crippen LogP contribution in [0.15, 0.2) is 27.3 Å². The lowest BCUT2D eigenvalue weighted by Crippen LogP contribution is -2.27. The molecule has 2 aromatic rings. The van der Waals surface area contributed by atoms with Crippen LogP contribution in [0.5, 0.6) is 0 Å². The highest BCUT2D eigenvalue weighted by atomic mass is 35.5. The number of aromatic nitrogens is 2. The Morgan fingerprint density at radius 3 is 2.75 bits per heavy atom. The van der Waals surface area contributed by atoms with E-state index in [1.807, 2.05) is 12.3 Å². The Bertz CT molecular complexity index is 782. The summed E-state index contributed by atoms with van der Waals surface area (Å²) in [5.41, 5.74) is 0.303. The number of hydrogen-bond donors (Lipinski definition) is 2. The SMILES string of the molecule is Cc1csc(C(C)NS(=O)(=O)c2c[nH]c(=O)c(Cl)c2)n1. The van der Waals surface area contributed by atoms with E-state index in [-0.39, 0.29) is 9.92 Å². The van der Waals surface area contributed by atoms with Gasteiger partial charge in [-0.1, -0.05) is 11.6 Å². The number of halogens is 1. The molecule has 0 saturated heterocycles. The summed E-state index contributed by atoms with van der Waals surface area (Å²) in [7, 11) is -3.78. The van der Waals surface area contributed by atoms with Gasteiger partial charge in [-0.2, -0.15) is 0 Å². The molecule has 2 aromatic heterocycles. The van der Waals surface area contributed by atoms with Crippen molar-refractivity contribution in [1.29, 1.82) is 0 Å². The third kappa shape index (κ3) is 3.26. The number of nitrogens with zero attached hydrogens (tertiary/aromatic N) is 1. The number of aromatic amines is 1. The Morgan fingerprint density at radius 2 is 2.20 bits per heavy atom. The molecule has 0 aromatic carbocycles. The molecular weight excluding hydrogens is 322 g/mol. The van der Waals surface area contributed by atoms with E-state index >= 15 is 0 Å². The monoisotopic (exact) mass is 333 g/mol. The fraction of sp³-hybridized carbons (Fsp3) is 0.273. The molecule has 0 aliphatic rings. The van der Waals surface area contributed by atoms with Gasteiger partial charge in [-0.25, -0.2) is 18.1 Å². The number of hydrogen-bond acceptors (Lipinski definition) is 5. The summed E-state index contributed by atoms with van der Waals surface area (Å²) in [4.78, 5) is 17.5. The summed E-state index contributed by atoms with van der Waals surface area (Å²) in [6.45, 7) is 3.53. The van der Waals surface area contributed by atoms with Crippen molar-refractivity contribution in [3.05, 3.63) is 43.7 Å². The van der Waals surface area contributed by atoms with E-state index in [9.17, 15) is 13.2 Å². The Kier molecular flexibility index (Phi) is 4.28. The number of H-pyrrole nitrogens is 1. The molecule has 6 nitrogen and oxygen atoms in total.